The summed E-state index contributed by atoms with van der Waals surface area (Å²) < 4.78 is 133. The van der Waals surface area contributed by atoms with Crippen LogP contribution in [0.15, 0.2) is 194 Å². The molecule has 0 saturated carbocycles. The fourth-order valence-electron chi connectivity index (χ4n) is 9.52. The lowest BCUT2D eigenvalue weighted by Crippen LogP contribution is -2.10. The number of benzene rings is 9. The lowest BCUT2D eigenvalue weighted by Gasteiger charge is -2.17. The third kappa shape index (κ3) is 8.45. The van der Waals surface area contributed by atoms with Crippen LogP contribution in [-0.4, -0.2) is 4.57 Å². The number of aryl methyl sites for hydroxylation is 2. The SMILES string of the molecule is Cc1ccccc1-c1cc(-c2ccc3c(c2)c2cc(-c4cc(-c5ccccc5C)cc(-c5ccccc5C(F)(F)F)c4)ccc2n3-c2ccccc2C(F)(F)F)cc(-c2ccccc2C(F)(F)F)c1. The molecule has 10 rings (SSSR count). The van der Waals surface area contributed by atoms with E-state index in [1.54, 1.807) is 65.2 Å². The van der Waals surface area contributed by atoms with Crippen molar-refractivity contribution in [2.24, 2.45) is 0 Å². The van der Waals surface area contributed by atoms with E-state index < -0.39 is 35.2 Å². The van der Waals surface area contributed by atoms with Gasteiger partial charge >= 0.3 is 18.5 Å². The molecule has 342 valence electrons. The molecule has 69 heavy (non-hydrogen) atoms. The molecular formula is C59H38F9N. The summed E-state index contributed by atoms with van der Waals surface area (Å²) in [6, 6.07) is 52.3. The van der Waals surface area contributed by atoms with Crippen LogP contribution in [0.3, 0.4) is 0 Å². The van der Waals surface area contributed by atoms with E-state index in [1.807, 2.05) is 86.6 Å². The molecule has 0 atom stereocenters. The molecule has 0 bridgehead atoms. The molecule has 0 spiro atoms. The maximum Gasteiger partial charge on any atom is 0.418 e. The highest BCUT2D eigenvalue weighted by Crippen LogP contribution is 2.45. The minimum atomic E-state index is -4.72. The van der Waals surface area contributed by atoms with Crippen molar-refractivity contribution in [1.82, 2.24) is 4.57 Å². The number of alkyl halides is 9. The Hall–Kier alpha value is -7.85. The second-order valence-electron chi connectivity index (χ2n) is 17.1. The predicted octanol–water partition coefficient (Wildman–Crippen LogP) is 18.5. The van der Waals surface area contributed by atoms with E-state index >= 15 is 0 Å². The summed E-state index contributed by atoms with van der Waals surface area (Å²) in [7, 11) is 0. The summed E-state index contributed by atoms with van der Waals surface area (Å²) in [4.78, 5) is 0. The first-order valence-corrected chi connectivity index (χ1v) is 21.9. The van der Waals surface area contributed by atoms with Gasteiger partial charge in [0.1, 0.15) is 0 Å². The molecule has 10 heteroatoms. The molecule has 1 nitrogen and oxygen atoms in total. The molecule has 1 heterocycles. The van der Waals surface area contributed by atoms with Crippen molar-refractivity contribution in [2.45, 2.75) is 32.4 Å². The zero-order valence-corrected chi connectivity index (χ0v) is 36.8. The highest BCUT2D eigenvalue weighted by Gasteiger charge is 2.36. The molecule has 1 aromatic heterocycles. The van der Waals surface area contributed by atoms with Crippen molar-refractivity contribution in [3.63, 3.8) is 0 Å². The molecule has 0 fully saturated rings. The van der Waals surface area contributed by atoms with Crippen LogP contribution < -0.4 is 0 Å². The van der Waals surface area contributed by atoms with Crippen molar-refractivity contribution in [3.8, 4) is 72.4 Å². The Morgan fingerprint density at radius 1 is 0.290 bits per heavy atom. The maximum atomic E-state index is 14.8. The fraction of sp³-hybridized carbons (Fsp3) is 0.0847. The Balaban J connectivity index is 1.25. The standard InChI is InChI=1S/C59H38F9N/c1-35-13-3-5-15-45(35)41-27-39(29-43(31-41)47-17-7-9-19-51(47)57(60,61)62)37-23-25-54-49(33-37)50-34-38(24-26-55(50)69(54)56-22-12-11-21-53(56)59(66,67)68)40-28-42(46-16-6-4-14-36(46)2)32-44(30-40)48-18-8-10-20-52(48)58(63,64)65/h3-34H,1-2H3. The predicted molar refractivity (Wildman–Crippen MR) is 258 cm³/mol. The van der Waals surface area contributed by atoms with Crippen LogP contribution in [0.4, 0.5) is 39.5 Å². The molecule has 0 aliphatic rings. The lowest BCUT2D eigenvalue weighted by molar-refractivity contribution is -0.138. The van der Waals surface area contributed by atoms with Gasteiger partial charge < -0.3 is 4.57 Å². The average Bonchev–Trinajstić information content (AvgIpc) is 3.66. The van der Waals surface area contributed by atoms with Gasteiger partial charge in [-0.3, -0.25) is 0 Å². The van der Waals surface area contributed by atoms with Gasteiger partial charge in [0.05, 0.1) is 33.4 Å². The second-order valence-corrected chi connectivity index (χ2v) is 17.1. The van der Waals surface area contributed by atoms with Gasteiger partial charge in [0.25, 0.3) is 0 Å². The Morgan fingerprint density at radius 3 is 1.00 bits per heavy atom. The normalized spacial score (nSPS) is 12.3. The van der Waals surface area contributed by atoms with E-state index in [0.717, 1.165) is 40.5 Å². The van der Waals surface area contributed by atoms with Gasteiger partial charge in [0, 0.05) is 10.8 Å². The monoisotopic (exact) mass is 931 g/mol. The van der Waals surface area contributed by atoms with E-state index in [1.165, 1.54) is 42.5 Å². The van der Waals surface area contributed by atoms with Gasteiger partial charge in [-0.2, -0.15) is 39.5 Å². The Kier molecular flexibility index (Phi) is 11.1. The van der Waals surface area contributed by atoms with E-state index in [9.17, 15) is 39.5 Å². The first-order valence-electron chi connectivity index (χ1n) is 21.9. The van der Waals surface area contributed by atoms with Crippen molar-refractivity contribution in [1.29, 1.82) is 0 Å². The quantitative estimate of drug-likeness (QED) is 0.140. The molecular weight excluding hydrogens is 894 g/mol. The van der Waals surface area contributed by atoms with E-state index in [4.69, 9.17) is 0 Å². The minimum absolute atomic E-state index is 0.0158. The van der Waals surface area contributed by atoms with Crippen LogP contribution in [0, 0.1) is 13.8 Å². The van der Waals surface area contributed by atoms with Crippen molar-refractivity contribution < 1.29 is 39.5 Å². The molecule has 0 saturated heterocycles. The summed E-state index contributed by atoms with van der Waals surface area (Å²) in [5.74, 6) is 0. The smallest absolute Gasteiger partial charge is 0.309 e. The van der Waals surface area contributed by atoms with Crippen LogP contribution in [-0.2, 0) is 18.5 Å². The average molecular weight is 932 g/mol. The number of fused-ring (bicyclic) bond motifs is 3. The van der Waals surface area contributed by atoms with Crippen LogP contribution in [0.5, 0.6) is 0 Å². The Morgan fingerprint density at radius 2 is 0.609 bits per heavy atom. The van der Waals surface area contributed by atoms with E-state index in [0.29, 0.717) is 66.3 Å². The maximum absolute atomic E-state index is 14.8. The molecule has 0 amide bonds. The summed E-state index contributed by atoms with van der Waals surface area (Å²) in [6.07, 6.45) is -14.0. The number of nitrogens with zero attached hydrogens (tertiary/aromatic N) is 1. The van der Waals surface area contributed by atoms with Gasteiger partial charge in [0.2, 0.25) is 0 Å². The molecule has 0 unspecified atom stereocenters. The highest BCUT2D eigenvalue weighted by molar-refractivity contribution is 6.12. The number of hydrogen-bond donors (Lipinski definition) is 0. The van der Waals surface area contributed by atoms with Crippen LogP contribution in [0.2, 0.25) is 0 Å². The van der Waals surface area contributed by atoms with Crippen molar-refractivity contribution >= 4 is 21.8 Å². The summed E-state index contributed by atoms with van der Waals surface area (Å²) in [6.45, 7) is 3.83. The van der Waals surface area contributed by atoms with E-state index in [2.05, 4.69) is 0 Å². The highest BCUT2D eigenvalue weighted by atomic mass is 19.4. The third-order valence-electron chi connectivity index (χ3n) is 12.7. The summed E-state index contributed by atoms with van der Waals surface area (Å²) >= 11 is 0. The van der Waals surface area contributed by atoms with Gasteiger partial charge in [-0.15, -0.1) is 0 Å². The third-order valence-corrected chi connectivity index (χ3v) is 12.7. The molecule has 0 aliphatic heterocycles. The van der Waals surface area contributed by atoms with E-state index in [-0.39, 0.29) is 16.8 Å². The molecule has 0 N–H and O–H groups in total. The molecule has 0 aliphatic carbocycles. The van der Waals surface area contributed by atoms with Crippen LogP contribution in [0.25, 0.3) is 94.3 Å². The lowest BCUT2D eigenvalue weighted by atomic mass is 9.89. The van der Waals surface area contributed by atoms with Gasteiger partial charge in [-0.1, -0.05) is 109 Å². The molecule has 10 aromatic rings. The number of aromatic nitrogens is 1. The summed E-state index contributed by atoms with van der Waals surface area (Å²) in [5.41, 5.74) is 5.91. The first kappa shape index (κ1) is 45.0. The fourth-order valence-corrected chi connectivity index (χ4v) is 9.52. The van der Waals surface area contributed by atoms with Gasteiger partial charge in [-0.05, 0) is 177 Å². The second kappa shape index (κ2) is 17.0. The zero-order chi connectivity index (χ0) is 48.4. The number of halogens is 9. The summed E-state index contributed by atoms with van der Waals surface area (Å²) in [5, 5.41) is 1.08. The van der Waals surface area contributed by atoms with Crippen molar-refractivity contribution in [2.75, 3.05) is 0 Å². The number of hydrogen-bond acceptors (Lipinski definition) is 0. The molecule has 0 radical (unpaired) electrons. The Bertz CT molecular complexity index is 3400. The first-order chi connectivity index (χ1) is 32.9. The van der Waals surface area contributed by atoms with Crippen molar-refractivity contribution in [3.05, 3.63) is 222 Å². The number of para-hydroxylation sites is 1. The van der Waals surface area contributed by atoms with Gasteiger partial charge in [0.15, 0.2) is 0 Å². The van der Waals surface area contributed by atoms with Crippen LogP contribution >= 0.6 is 0 Å². The van der Waals surface area contributed by atoms with Gasteiger partial charge in [-0.25, -0.2) is 0 Å². The molecule has 9 aromatic carbocycles. The zero-order valence-electron chi connectivity index (χ0n) is 36.8. The number of rotatable bonds is 7. The van der Waals surface area contributed by atoms with Crippen LogP contribution in [0.1, 0.15) is 27.8 Å². The topological polar surface area (TPSA) is 4.93 Å². The Labute approximate surface area is 391 Å². The minimum Gasteiger partial charge on any atom is -0.309 e. The largest absolute Gasteiger partial charge is 0.418 e.